The van der Waals surface area contributed by atoms with Crippen LogP contribution in [0.25, 0.3) is 0 Å². The van der Waals surface area contributed by atoms with Crippen LogP contribution >= 0.6 is 0 Å². The van der Waals surface area contributed by atoms with E-state index >= 15 is 0 Å². The van der Waals surface area contributed by atoms with E-state index in [0.29, 0.717) is 0 Å². The van der Waals surface area contributed by atoms with Gasteiger partial charge >= 0.3 is 0 Å². The van der Waals surface area contributed by atoms with Gasteiger partial charge < -0.3 is 0 Å². The maximum atomic E-state index is 4.47. The Morgan fingerprint density at radius 1 is 0.944 bits per heavy atom. The molecule has 0 unspecified atom stereocenters. The number of benzene rings is 2. The van der Waals surface area contributed by atoms with Gasteiger partial charge in [-0.15, -0.1) is 0 Å². The predicted molar refractivity (Wildman–Crippen MR) is 78.5 cm³/mol. The van der Waals surface area contributed by atoms with Gasteiger partial charge in [-0.3, -0.25) is 4.99 Å². The Hall–Kier alpha value is -1.89. The molecular formula is C17H19N. The van der Waals surface area contributed by atoms with Crippen LogP contribution < -0.4 is 0 Å². The molecule has 0 saturated carbocycles. The van der Waals surface area contributed by atoms with E-state index in [2.05, 4.69) is 49.2 Å². The fraction of sp³-hybridized carbons (Fsp3) is 0.235. The van der Waals surface area contributed by atoms with Crippen LogP contribution in [0.5, 0.6) is 0 Å². The minimum Gasteiger partial charge on any atom is -0.292 e. The Kier molecular flexibility index (Phi) is 4.30. The lowest BCUT2D eigenvalue weighted by Crippen LogP contribution is -1.92. The molecule has 2 rings (SSSR count). The highest BCUT2D eigenvalue weighted by atomic mass is 14.7. The Balaban J connectivity index is 1.90. The van der Waals surface area contributed by atoms with Crippen molar-refractivity contribution in [1.82, 2.24) is 0 Å². The van der Waals surface area contributed by atoms with Crippen molar-refractivity contribution in [2.45, 2.75) is 20.3 Å². The molecule has 0 bridgehead atoms. The molecule has 0 amide bonds. The van der Waals surface area contributed by atoms with Gasteiger partial charge in [0.05, 0.1) is 0 Å². The maximum absolute atomic E-state index is 4.47. The minimum absolute atomic E-state index is 0.845. The molecule has 92 valence electrons. The first-order valence-corrected chi connectivity index (χ1v) is 6.36. The number of hydrogen-bond donors (Lipinski definition) is 0. The summed E-state index contributed by atoms with van der Waals surface area (Å²) < 4.78 is 0. The number of rotatable bonds is 4. The molecule has 0 aliphatic carbocycles. The second-order valence-electron chi connectivity index (χ2n) is 4.69. The topological polar surface area (TPSA) is 12.4 Å². The Labute approximate surface area is 109 Å². The molecule has 1 heteroatoms. The first kappa shape index (κ1) is 12.6. The van der Waals surface area contributed by atoms with Gasteiger partial charge in [0.2, 0.25) is 0 Å². The lowest BCUT2D eigenvalue weighted by atomic mass is 10.1. The summed E-state index contributed by atoms with van der Waals surface area (Å²) in [5.74, 6) is 0. The Morgan fingerprint density at radius 2 is 1.61 bits per heavy atom. The molecule has 0 aliphatic rings. The average molecular weight is 237 g/mol. The molecule has 2 aromatic carbocycles. The van der Waals surface area contributed by atoms with E-state index in [9.17, 15) is 0 Å². The van der Waals surface area contributed by atoms with Gasteiger partial charge in [0.1, 0.15) is 0 Å². The van der Waals surface area contributed by atoms with E-state index in [4.69, 9.17) is 0 Å². The largest absolute Gasteiger partial charge is 0.292 e. The molecular weight excluding hydrogens is 218 g/mol. The second-order valence-corrected chi connectivity index (χ2v) is 4.69. The van der Waals surface area contributed by atoms with Crippen molar-refractivity contribution in [2.24, 2.45) is 4.99 Å². The third-order valence-corrected chi connectivity index (χ3v) is 2.85. The van der Waals surface area contributed by atoms with Crippen LogP contribution in [-0.2, 0) is 6.42 Å². The monoisotopic (exact) mass is 237 g/mol. The summed E-state index contributed by atoms with van der Waals surface area (Å²) in [5.41, 5.74) is 5.20. The van der Waals surface area contributed by atoms with Crippen molar-refractivity contribution in [3.63, 3.8) is 0 Å². The lowest BCUT2D eigenvalue weighted by molar-refractivity contribution is 0.969. The van der Waals surface area contributed by atoms with Crippen molar-refractivity contribution in [3.8, 4) is 0 Å². The van der Waals surface area contributed by atoms with E-state index < -0.39 is 0 Å². The fourth-order valence-electron chi connectivity index (χ4n) is 2.12. The van der Waals surface area contributed by atoms with Gasteiger partial charge in [-0.2, -0.15) is 0 Å². The smallest absolute Gasteiger partial charge is 0.0429 e. The van der Waals surface area contributed by atoms with Crippen molar-refractivity contribution < 1.29 is 0 Å². The maximum Gasteiger partial charge on any atom is 0.0429 e. The molecule has 0 atom stereocenters. The third-order valence-electron chi connectivity index (χ3n) is 2.85. The summed E-state index contributed by atoms with van der Waals surface area (Å²) in [6.45, 7) is 5.13. The third kappa shape index (κ3) is 3.85. The van der Waals surface area contributed by atoms with Gasteiger partial charge in [-0.25, -0.2) is 0 Å². The van der Waals surface area contributed by atoms with Crippen molar-refractivity contribution in [1.29, 1.82) is 0 Å². The molecule has 0 spiro atoms. The summed E-state index contributed by atoms with van der Waals surface area (Å²) in [6.07, 6.45) is 2.95. The molecule has 0 aromatic heterocycles. The van der Waals surface area contributed by atoms with Gasteiger partial charge in [0, 0.05) is 12.8 Å². The van der Waals surface area contributed by atoms with Gasteiger partial charge in [-0.1, -0.05) is 59.7 Å². The zero-order valence-electron chi connectivity index (χ0n) is 11.1. The molecule has 0 radical (unpaired) electrons. The molecule has 0 heterocycles. The van der Waals surface area contributed by atoms with Crippen molar-refractivity contribution >= 4 is 6.21 Å². The zero-order valence-corrected chi connectivity index (χ0v) is 11.1. The highest BCUT2D eigenvalue weighted by molar-refractivity contribution is 5.79. The molecule has 18 heavy (non-hydrogen) atoms. The van der Waals surface area contributed by atoms with Crippen LogP contribution in [0.4, 0.5) is 0 Å². The Bertz CT molecular complexity index is 506. The zero-order chi connectivity index (χ0) is 12.8. The summed E-state index contributed by atoms with van der Waals surface area (Å²) in [5, 5.41) is 0. The summed E-state index contributed by atoms with van der Waals surface area (Å²) in [6, 6.07) is 16.9. The number of aryl methyl sites for hydroxylation is 2. The fourth-order valence-corrected chi connectivity index (χ4v) is 2.12. The number of nitrogens with zero attached hydrogens (tertiary/aromatic N) is 1. The molecule has 2 aromatic rings. The molecule has 0 saturated heterocycles. The number of hydrogen-bond acceptors (Lipinski definition) is 1. The lowest BCUT2D eigenvalue weighted by Gasteiger charge is -2.02. The summed E-state index contributed by atoms with van der Waals surface area (Å²) in [4.78, 5) is 4.47. The molecule has 1 nitrogen and oxygen atoms in total. The minimum atomic E-state index is 0.845. The van der Waals surface area contributed by atoms with Crippen molar-refractivity contribution in [2.75, 3.05) is 6.54 Å². The quantitative estimate of drug-likeness (QED) is 0.714. The van der Waals surface area contributed by atoms with Gasteiger partial charge in [-0.05, 0) is 31.4 Å². The highest BCUT2D eigenvalue weighted by Crippen LogP contribution is 2.09. The van der Waals surface area contributed by atoms with Crippen molar-refractivity contribution in [3.05, 3.63) is 70.8 Å². The first-order valence-electron chi connectivity index (χ1n) is 6.36. The SMILES string of the molecule is Cc1cc(C)cc(CCN=Cc2ccccc2)c1. The van der Waals surface area contributed by atoms with Crippen LogP contribution in [0.2, 0.25) is 0 Å². The van der Waals surface area contributed by atoms with E-state index in [-0.39, 0.29) is 0 Å². The standard InChI is InChI=1S/C17H19N/c1-14-10-15(2)12-17(11-14)8-9-18-13-16-6-4-3-5-7-16/h3-7,10-13H,8-9H2,1-2H3. The molecule has 0 N–H and O–H groups in total. The van der Waals surface area contributed by atoms with Crippen LogP contribution in [0.3, 0.4) is 0 Å². The Morgan fingerprint density at radius 3 is 2.28 bits per heavy atom. The van der Waals surface area contributed by atoms with Crippen LogP contribution in [-0.4, -0.2) is 12.8 Å². The highest BCUT2D eigenvalue weighted by Gasteiger charge is 1.95. The van der Waals surface area contributed by atoms with E-state index in [0.717, 1.165) is 18.5 Å². The number of aliphatic imine (C=N–C) groups is 1. The van der Waals surface area contributed by atoms with Crippen LogP contribution in [0.15, 0.2) is 53.5 Å². The van der Waals surface area contributed by atoms with E-state index in [1.807, 2.05) is 24.4 Å². The van der Waals surface area contributed by atoms with E-state index in [1.165, 1.54) is 16.7 Å². The second kappa shape index (κ2) is 6.15. The predicted octanol–water partition coefficient (Wildman–Crippen LogP) is 3.97. The normalized spacial score (nSPS) is 11.0. The summed E-state index contributed by atoms with van der Waals surface area (Å²) in [7, 11) is 0. The van der Waals surface area contributed by atoms with Crippen LogP contribution in [0, 0.1) is 13.8 Å². The summed E-state index contributed by atoms with van der Waals surface area (Å²) >= 11 is 0. The van der Waals surface area contributed by atoms with E-state index in [1.54, 1.807) is 0 Å². The molecule has 0 aliphatic heterocycles. The van der Waals surface area contributed by atoms with Crippen LogP contribution in [0.1, 0.15) is 22.3 Å². The first-order chi connectivity index (χ1) is 8.74. The molecule has 0 fully saturated rings. The average Bonchev–Trinajstić information content (AvgIpc) is 2.35. The van der Waals surface area contributed by atoms with Gasteiger partial charge in [0.25, 0.3) is 0 Å². The van der Waals surface area contributed by atoms with Gasteiger partial charge in [0.15, 0.2) is 0 Å².